The molecular formula is C27H25N3O5S. The molecule has 4 heterocycles. The smallest absolute Gasteiger partial charge is 0.275 e. The van der Waals surface area contributed by atoms with Gasteiger partial charge in [0.1, 0.15) is 35.0 Å². The third kappa shape index (κ3) is 3.50. The van der Waals surface area contributed by atoms with Crippen molar-refractivity contribution in [2.24, 2.45) is 0 Å². The van der Waals surface area contributed by atoms with E-state index < -0.39 is 5.54 Å². The van der Waals surface area contributed by atoms with Crippen LogP contribution in [0.1, 0.15) is 23.0 Å². The van der Waals surface area contributed by atoms with Crippen LogP contribution in [0.5, 0.6) is 17.2 Å². The molecule has 2 aliphatic heterocycles. The van der Waals surface area contributed by atoms with Crippen molar-refractivity contribution < 1.29 is 23.8 Å². The van der Waals surface area contributed by atoms with Gasteiger partial charge in [-0.05, 0) is 42.6 Å². The number of aromatic nitrogens is 1. The van der Waals surface area contributed by atoms with E-state index in [-0.39, 0.29) is 18.4 Å². The number of hydrogen-bond acceptors (Lipinski definition) is 6. The number of methoxy groups -OCH3 is 1. The van der Waals surface area contributed by atoms with Crippen molar-refractivity contribution in [2.75, 3.05) is 25.2 Å². The normalized spacial score (nSPS) is 18.7. The van der Waals surface area contributed by atoms with Crippen LogP contribution in [0.2, 0.25) is 0 Å². The third-order valence-corrected chi connectivity index (χ3v) is 7.74. The Hall–Kier alpha value is -3.98. The van der Waals surface area contributed by atoms with Crippen molar-refractivity contribution in [3.05, 3.63) is 71.2 Å². The number of fused-ring (bicyclic) bond motifs is 4. The Morgan fingerprint density at radius 1 is 1.11 bits per heavy atom. The van der Waals surface area contributed by atoms with Crippen molar-refractivity contribution >= 4 is 39.1 Å². The van der Waals surface area contributed by atoms with Gasteiger partial charge in [0.2, 0.25) is 5.91 Å². The Kier molecular flexibility index (Phi) is 5.37. The molecule has 0 aliphatic carbocycles. The number of hydrogen-bond donors (Lipinski definition) is 1. The Balaban J connectivity index is 1.41. The largest absolute Gasteiger partial charge is 0.496 e. The summed E-state index contributed by atoms with van der Waals surface area (Å²) in [7, 11) is 1.60. The SMILES string of the molecule is COc1ccccc1CNC(=O)C1(C)Cn2c(cc3ccsc32)C(=O)N1c1ccc2c(c1)OCCO2. The molecule has 4 aromatic rings. The Morgan fingerprint density at radius 3 is 2.75 bits per heavy atom. The molecule has 36 heavy (non-hydrogen) atoms. The van der Waals surface area contributed by atoms with Gasteiger partial charge in [-0.2, -0.15) is 0 Å². The highest BCUT2D eigenvalue weighted by Crippen LogP contribution is 2.41. The Bertz CT molecular complexity index is 1490. The fourth-order valence-electron chi connectivity index (χ4n) is 4.99. The fraction of sp³-hybridized carbons (Fsp3) is 0.259. The van der Waals surface area contributed by atoms with Gasteiger partial charge in [-0.1, -0.05) is 18.2 Å². The summed E-state index contributed by atoms with van der Waals surface area (Å²) in [5, 5.41) is 6.04. The number of para-hydroxylation sites is 1. The molecule has 6 rings (SSSR count). The lowest BCUT2D eigenvalue weighted by Crippen LogP contribution is -2.64. The number of thiophene rings is 1. The number of nitrogens with one attached hydrogen (secondary N) is 1. The quantitative estimate of drug-likeness (QED) is 0.441. The maximum Gasteiger partial charge on any atom is 0.275 e. The van der Waals surface area contributed by atoms with E-state index in [0.717, 1.165) is 15.8 Å². The number of benzene rings is 2. The molecule has 0 saturated carbocycles. The average Bonchev–Trinajstić information content (AvgIpc) is 3.50. The molecule has 1 atom stereocenters. The van der Waals surface area contributed by atoms with Crippen LogP contribution in [-0.4, -0.2) is 42.2 Å². The molecule has 0 fully saturated rings. The number of carbonyl (C=O) groups is 2. The second kappa shape index (κ2) is 8.60. The summed E-state index contributed by atoms with van der Waals surface area (Å²) in [6.45, 7) is 3.29. The first-order chi connectivity index (χ1) is 17.5. The van der Waals surface area contributed by atoms with E-state index in [2.05, 4.69) is 5.32 Å². The summed E-state index contributed by atoms with van der Waals surface area (Å²) in [6.07, 6.45) is 0. The van der Waals surface area contributed by atoms with E-state index in [4.69, 9.17) is 14.2 Å². The summed E-state index contributed by atoms with van der Waals surface area (Å²) >= 11 is 1.56. The van der Waals surface area contributed by atoms with Crippen LogP contribution in [0, 0.1) is 0 Å². The maximum absolute atomic E-state index is 14.0. The highest BCUT2D eigenvalue weighted by molar-refractivity contribution is 7.16. The van der Waals surface area contributed by atoms with Gasteiger partial charge in [-0.25, -0.2) is 0 Å². The molecular weight excluding hydrogens is 478 g/mol. The van der Waals surface area contributed by atoms with E-state index in [1.54, 1.807) is 41.5 Å². The van der Waals surface area contributed by atoms with Crippen LogP contribution in [0.4, 0.5) is 5.69 Å². The van der Waals surface area contributed by atoms with Gasteiger partial charge in [-0.3, -0.25) is 14.5 Å². The lowest BCUT2D eigenvalue weighted by molar-refractivity contribution is -0.126. The highest BCUT2D eigenvalue weighted by atomic mass is 32.1. The summed E-state index contributed by atoms with van der Waals surface area (Å²) in [4.78, 5) is 30.5. The molecule has 1 N–H and O–H groups in total. The standard InChI is InChI=1S/C27H25N3O5S/c1-27(26(32)28-15-18-5-3-4-6-21(18)33-2)16-29-20(13-17-9-12-36-25(17)29)24(31)30(27)19-7-8-22-23(14-19)35-11-10-34-22/h3-9,12-14H,10-11,15-16H2,1-2H3,(H,28,32). The van der Waals surface area contributed by atoms with Crippen molar-refractivity contribution in [3.63, 3.8) is 0 Å². The second-order valence-electron chi connectivity index (χ2n) is 9.03. The van der Waals surface area contributed by atoms with Gasteiger partial charge < -0.3 is 24.1 Å². The van der Waals surface area contributed by atoms with Gasteiger partial charge in [0.25, 0.3) is 5.91 Å². The molecule has 2 amide bonds. The predicted octanol–water partition coefficient (Wildman–Crippen LogP) is 4.22. The molecule has 0 saturated heterocycles. The Morgan fingerprint density at radius 2 is 1.92 bits per heavy atom. The van der Waals surface area contributed by atoms with E-state index in [1.807, 2.05) is 53.3 Å². The van der Waals surface area contributed by atoms with Gasteiger partial charge in [-0.15, -0.1) is 11.3 Å². The zero-order valence-electron chi connectivity index (χ0n) is 19.9. The van der Waals surface area contributed by atoms with Gasteiger partial charge >= 0.3 is 0 Å². The molecule has 2 aliphatic rings. The van der Waals surface area contributed by atoms with E-state index in [0.29, 0.717) is 48.4 Å². The van der Waals surface area contributed by atoms with Crippen molar-refractivity contribution in [1.29, 1.82) is 0 Å². The third-order valence-electron chi connectivity index (χ3n) is 6.79. The molecule has 8 nitrogen and oxygen atoms in total. The number of ether oxygens (including phenoxy) is 3. The van der Waals surface area contributed by atoms with Gasteiger partial charge in [0, 0.05) is 29.2 Å². The lowest BCUT2D eigenvalue weighted by atomic mass is 9.93. The van der Waals surface area contributed by atoms with E-state index in [9.17, 15) is 9.59 Å². The molecule has 2 aromatic carbocycles. The van der Waals surface area contributed by atoms with Crippen LogP contribution in [0.25, 0.3) is 10.2 Å². The predicted molar refractivity (Wildman–Crippen MR) is 137 cm³/mol. The van der Waals surface area contributed by atoms with Crippen LogP contribution >= 0.6 is 11.3 Å². The minimum Gasteiger partial charge on any atom is -0.496 e. The molecule has 0 radical (unpaired) electrons. The lowest BCUT2D eigenvalue weighted by Gasteiger charge is -2.44. The first-order valence-electron chi connectivity index (χ1n) is 11.7. The summed E-state index contributed by atoms with van der Waals surface area (Å²) in [5.41, 5.74) is 0.787. The first-order valence-corrected chi connectivity index (χ1v) is 12.6. The summed E-state index contributed by atoms with van der Waals surface area (Å²) < 4.78 is 18.8. The van der Waals surface area contributed by atoms with Crippen LogP contribution in [0.3, 0.4) is 0 Å². The summed E-state index contributed by atoms with van der Waals surface area (Å²) in [5.74, 6) is 1.38. The molecule has 1 unspecified atom stereocenters. The highest BCUT2D eigenvalue weighted by Gasteiger charge is 2.49. The first kappa shape index (κ1) is 22.5. The fourth-order valence-corrected chi connectivity index (χ4v) is 5.88. The van der Waals surface area contributed by atoms with Gasteiger partial charge in [0.15, 0.2) is 11.5 Å². The van der Waals surface area contributed by atoms with E-state index >= 15 is 0 Å². The number of amides is 2. The van der Waals surface area contributed by atoms with Crippen molar-refractivity contribution in [1.82, 2.24) is 9.88 Å². The topological polar surface area (TPSA) is 82.0 Å². The Labute approximate surface area is 212 Å². The van der Waals surface area contributed by atoms with Crippen LogP contribution in [0.15, 0.2) is 60.0 Å². The average molecular weight is 504 g/mol. The molecule has 0 bridgehead atoms. The zero-order valence-corrected chi connectivity index (χ0v) is 20.8. The number of nitrogens with zero attached hydrogens (tertiary/aromatic N) is 2. The molecule has 9 heteroatoms. The molecule has 0 spiro atoms. The second-order valence-corrected chi connectivity index (χ2v) is 9.93. The number of carbonyl (C=O) groups excluding carboxylic acids is 2. The number of anilines is 1. The monoisotopic (exact) mass is 503 g/mol. The van der Waals surface area contributed by atoms with Crippen LogP contribution < -0.4 is 24.4 Å². The summed E-state index contributed by atoms with van der Waals surface area (Å²) in [6, 6.07) is 16.8. The zero-order chi connectivity index (χ0) is 24.9. The van der Waals surface area contributed by atoms with Crippen molar-refractivity contribution in [3.8, 4) is 17.2 Å². The minimum absolute atomic E-state index is 0.240. The molecule has 184 valence electrons. The van der Waals surface area contributed by atoms with E-state index in [1.165, 1.54) is 0 Å². The minimum atomic E-state index is -1.20. The number of rotatable bonds is 5. The molecule has 2 aromatic heterocycles. The van der Waals surface area contributed by atoms with Crippen LogP contribution in [-0.2, 0) is 17.9 Å². The van der Waals surface area contributed by atoms with Gasteiger partial charge in [0.05, 0.1) is 13.7 Å². The maximum atomic E-state index is 14.0. The van der Waals surface area contributed by atoms with Crippen molar-refractivity contribution in [2.45, 2.75) is 25.6 Å².